The Labute approximate surface area is 205 Å². The summed E-state index contributed by atoms with van der Waals surface area (Å²) in [6, 6.07) is 16.3. The zero-order chi connectivity index (χ0) is 25.0. The van der Waals surface area contributed by atoms with Gasteiger partial charge in [-0.05, 0) is 54.5 Å². The van der Waals surface area contributed by atoms with Crippen molar-refractivity contribution in [2.45, 2.75) is 25.7 Å². The quantitative estimate of drug-likeness (QED) is 0.392. The van der Waals surface area contributed by atoms with Crippen LogP contribution in [0.1, 0.15) is 28.4 Å². The highest BCUT2D eigenvalue weighted by Crippen LogP contribution is 2.28. The van der Waals surface area contributed by atoms with Crippen LogP contribution in [0.25, 0.3) is 5.70 Å². The molecule has 0 saturated carbocycles. The maximum Gasteiger partial charge on any atom is 0.422 e. The van der Waals surface area contributed by atoms with Gasteiger partial charge in [-0.25, -0.2) is 4.99 Å². The minimum Gasteiger partial charge on any atom is -0.484 e. The average Bonchev–Trinajstić information content (AvgIpc) is 2.82. The zero-order valence-electron chi connectivity index (χ0n) is 18.7. The molecule has 6 nitrogen and oxygen atoms in total. The maximum atomic E-state index is 12.5. The Bertz CT molecular complexity index is 1240. The number of hydrogen-bond acceptors (Lipinski definition) is 6. The lowest BCUT2D eigenvalue weighted by atomic mass is 10.0. The van der Waals surface area contributed by atoms with Gasteiger partial charge in [-0.2, -0.15) is 13.2 Å². The van der Waals surface area contributed by atoms with Crippen molar-refractivity contribution in [3.63, 3.8) is 0 Å². The van der Waals surface area contributed by atoms with E-state index in [-0.39, 0.29) is 11.8 Å². The monoisotopic (exact) mass is 501 g/mol. The first-order chi connectivity index (χ1) is 16.7. The third-order valence-corrected chi connectivity index (χ3v) is 5.63. The van der Waals surface area contributed by atoms with Gasteiger partial charge in [0.2, 0.25) is 0 Å². The number of benzene rings is 2. The minimum atomic E-state index is -4.40. The molecule has 4 N–H and O–H groups in total. The summed E-state index contributed by atoms with van der Waals surface area (Å²) in [6.45, 7) is 0.668. The number of ether oxygens (including phenoxy) is 1. The third kappa shape index (κ3) is 6.45. The summed E-state index contributed by atoms with van der Waals surface area (Å²) in [5, 5.41) is 6.99. The van der Waals surface area contributed by atoms with E-state index in [4.69, 9.17) is 22.1 Å². The molecule has 0 radical (unpaired) electrons. The Hall–Kier alpha value is -3.72. The van der Waals surface area contributed by atoms with E-state index in [0.29, 0.717) is 28.8 Å². The minimum absolute atomic E-state index is 0.161. The first-order valence-corrected chi connectivity index (χ1v) is 11.1. The molecule has 4 rings (SSSR count). The molecule has 0 amide bonds. The molecule has 0 spiro atoms. The first-order valence-electron chi connectivity index (χ1n) is 10.7. The number of rotatable bonds is 7. The van der Waals surface area contributed by atoms with Crippen molar-refractivity contribution in [2.75, 3.05) is 11.9 Å². The third-order valence-electron chi connectivity index (χ3n) is 5.38. The molecule has 1 atom stereocenters. The van der Waals surface area contributed by atoms with E-state index in [0.717, 1.165) is 22.5 Å². The van der Waals surface area contributed by atoms with E-state index in [1.807, 2.05) is 54.6 Å². The van der Waals surface area contributed by atoms with Gasteiger partial charge in [0.25, 0.3) is 0 Å². The van der Waals surface area contributed by atoms with Gasteiger partial charge in [-0.15, -0.1) is 0 Å². The Balaban J connectivity index is 1.43. The molecule has 1 unspecified atom stereocenters. The van der Waals surface area contributed by atoms with Crippen molar-refractivity contribution in [3.05, 3.63) is 94.3 Å². The second kappa shape index (κ2) is 10.3. The number of nitrogens with one attached hydrogen (secondary N) is 2. The highest BCUT2D eigenvalue weighted by Gasteiger charge is 2.28. The Morgan fingerprint density at radius 2 is 1.80 bits per heavy atom. The smallest absolute Gasteiger partial charge is 0.422 e. The van der Waals surface area contributed by atoms with Gasteiger partial charge in [-0.1, -0.05) is 35.9 Å². The van der Waals surface area contributed by atoms with Crippen molar-refractivity contribution in [1.82, 2.24) is 10.3 Å². The number of guanidine groups is 1. The van der Waals surface area contributed by atoms with Gasteiger partial charge >= 0.3 is 6.18 Å². The van der Waals surface area contributed by atoms with E-state index in [1.54, 1.807) is 6.92 Å². The second-order valence-electron chi connectivity index (χ2n) is 7.93. The lowest BCUT2D eigenvalue weighted by Gasteiger charge is -2.21. The van der Waals surface area contributed by atoms with Gasteiger partial charge in [0, 0.05) is 28.2 Å². The molecule has 182 valence electrons. The summed E-state index contributed by atoms with van der Waals surface area (Å²) in [6.07, 6.45) is -0.977. The van der Waals surface area contributed by atoms with Crippen LogP contribution in [0.15, 0.2) is 71.9 Å². The van der Waals surface area contributed by atoms with Crippen molar-refractivity contribution in [2.24, 2.45) is 10.7 Å². The molecule has 1 aromatic heterocycles. The predicted octanol–water partition coefficient (Wildman–Crippen LogP) is 5.60. The highest BCUT2D eigenvalue weighted by atomic mass is 35.5. The van der Waals surface area contributed by atoms with Gasteiger partial charge in [0.05, 0.1) is 18.3 Å². The molecule has 1 aliphatic rings. The highest BCUT2D eigenvalue weighted by molar-refractivity contribution is 6.30. The summed E-state index contributed by atoms with van der Waals surface area (Å²) in [7, 11) is 0. The fraction of sp³-hybridized carbons (Fsp3) is 0.200. The molecule has 35 heavy (non-hydrogen) atoms. The van der Waals surface area contributed by atoms with E-state index >= 15 is 0 Å². The number of halogens is 4. The van der Waals surface area contributed by atoms with Crippen molar-refractivity contribution < 1.29 is 17.9 Å². The van der Waals surface area contributed by atoms with E-state index in [9.17, 15) is 13.2 Å². The van der Waals surface area contributed by atoms with E-state index in [2.05, 4.69) is 20.6 Å². The van der Waals surface area contributed by atoms with Gasteiger partial charge < -0.3 is 21.1 Å². The Morgan fingerprint density at radius 3 is 2.49 bits per heavy atom. The van der Waals surface area contributed by atoms with Crippen molar-refractivity contribution in [3.8, 4) is 5.75 Å². The summed E-state index contributed by atoms with van der Waals surface area (Å²) in [4.78, 5) is 8.71. The average molecular weight is 502 g/mol. The molecule has 0 bridgehead atoms. The van der Waals surface area contributed by atoms with Crippen LogP contribution in [0.4, 0.5) is 18.9 Å². The van der Waals surface area contributed by atoms with E-state index in [1.165, 1.54) is 12.3 Å². The van der Waals surface area contributed by atoms with Crippen LogP contribution < -0.4 is 21.1 Å². The van der Waals surface area contributed by atoms with Gasteiger partial charge in [-0.3, -0.25) is 4.98 Å². The summed E-state index contributed by atoms with van der Waals surface area (Å²) in [5.41, 5.74) is 10.7. The number of aliphatic imine (C=N–C) groups is 1. The molecular formula is C25H23ClF3N5O. The topological polar surface area (TPSA) is 84.6 Å². The van der Waals surface area contributed by atoms with E-state index < -0.39 is 12.8 Å². The number of hydrogen-bond donors (Lipinski definition) is 3. The molecule has 3 aromatic rings. The zero-order valence-corrected chi connectivity index (χ0v) is 19.5. The largest absolute Gasteiger partial charge is 0.484 e. The van der Waals surface area contributed by atoms with Crippen LogP contribution in [-0.4, -0.2) is 23.7 Å². The molecule has 0 fully saturated rings. The van der Waals surface area contributed by atoms with Crippen LogP contribution >= 0.6 is 11.6 Å². The molecule has 0 saturated heterocycles. The number of anilines is 1. The molecule has 2 aromatic carbocycles. The standard InChI is InChI=1S/C25H23ClF3N5O/c1-15-22(31-11-10-23(15)35-14-25(27,28)29)13-32-19-8-4-17(5-9-19)21-12-20(33-24(30)34-21)16-2-6-18(26)7-3-16/h2-12,20,32H,13-14H2,1H3,(H3,30,33,34). The van der Waals surface area contributed by atoms with Crippen molar-refractivity contribution in [1.29, 1.82) is 0 Å². The first kappa shape index (κ1) is 24.4. The Kier molecular flexibility index (Phi) is 7.16. The summed E-state index contributed by atoms with van der Waals surface area (Å²) < 4.78 is 42.3. The van der Waals surface area contributed by atoms with Crippen LogP contribution in [0, 0.1) is 6.92 Å². The lowest BCUT2D eigenvalue weighted by molar-refractivity contribution is -0.153. The summed E-state index contributed by atoms with van der Waals surface area (Å²) in [5.74, 6) is 0.480. The van der Waals surface area contributed by atoms with Crippen LogP contribution in [0.5, 0.6) is 5.75 Å². The fourth-order valence-electron chi connectivity index (χ4n) is 3.56. The SMILES string of the molecule is Cc1c(OCC(F)(F)F)ccnc1CNc1ccc(C2=CC(c3ccc(Cl)cc3)N=C(N)N2)cc1. The normalized spacial score (nSPS) is 15.6. The van der Waals surface area contributed by atoms with Crippen LogP contribution in [0.3, 0.4) is 0 Å². The maximum absolute atomic E-state index is 12.5. The van der Waals surface area contributed by atoms with Crippen molar-refractivity contribution >= 4 is 28.9 Å². The number of nitrogens with zero attached hydrogens (tertiary/aromatic N) is 2. The molecule has 10 heteroatoms. The van der Waals surface area contributed by atoms with Crippen LogP contribution in [-0.2, 0) is 6.54 Å². The molecule has 1 aliphatic heterocycles. The number of pyridine rings is 1. The van der Waals surface area contributed by atoms with Crippen LogP contribution in [0.2, 0.25) is 5.02 Å². The number of alkyl halides is 3. The predicted molar refractivity (Wildman–Crippen MR) is 131 cm³/mol. The second-order valence-corrected chi connectivity index (χ2v) is 8.37. The Morgan fingerprint density at radius 1 is 1.09 bits per heavy atom. The number of nitrogens with two attached hydrogens (primary N) is 1. The van der Waals surface area contributed by atoms with Gasteiger partial charge in [0.15, 0.2) is 12.6 Å². The van der Waals surface area contributed by atoms with Gasteiger partial charge in [0.1, 0.15) is 5.75 Å². The molecule has 2 heterocycles. The molecular weight excluding hydrogens is 479 g/mol. The lowest BCUT2D eigenvalue weighted by Crippen LogP contribution is -2.33. The molecule has 0 aliphatic carbocycles. The fourth-order valence-corrected chi connectivity index (χ4v) is 3.69. The summed E-state index contributed by atoms with van der Waals surface area (Å²) >= 11 is 5.98. The number of aromatic nitrogens is 1.